The molecular weight excluding hydrogens is 352 g/mol. The van der Waals surface area contributed by atoms with Crippen LogP contribution < -0.4 is 9.47 Å². The van der Waals surface area contributed by atoms with Crippen molar-refractivity contribution in [2.75, 3.05) is 13.7 Å². The van der Waals surface area contributed by atoms with Crippen LogP contribution in [0.1, 0.15) is 12.0 Å². The van der Waals surface area contributed by atoms with E-state index >= 15 is 0 Å². The van der Waals surface area contributed by atoms with Crippen molar-refractivity contribution in [1.82, 2.24) is 4.98 Å². The Morgan fingerprint density at radius 1 is 1.15 bits per heavy atom. The number of ether oxygens (including phenoxy) is 2. The molecule has 2 heterocycles. The van der Waals surface area contributed by atoms with Crippen molar-refractivity contribution in [3.05, 3.63) is 65.3 Å². The van der Waals surface area contributed by atoms with Gasteiger partial charge >= 0.3 is 0 Å². The second-order valence-corrected chi connectivity index (χ2v) is 6.36. The molecule has 6 heteroatoms. The van der Waals surface area contributed by atoms with Crippen molar-refractivity contribution >= 4 is 28.2 Å². The van der Waals surface area contributed by atoms with Crippen LogP contribution in [-0.2, 0) is 4.84 Å². The van der Waals surface area contributed by atoms with Gasteiger partial charge in [-0.1, -0.05) is 16.8 Å². The molecule has 0 N–H and O–H groups in total. The average Bonchev–Trinajstić information content (AvgIpc) is 3.17. The first-order chi connectivity index (χ1) is 12.7. The number of methoxy groups -OCH3 is 1. The number of nitrogens with zero attached hydrogens (tertiary/aromatic N) is 2. The van der Waals surface area contributed by atoms with E-state index in [4.69, 9.17) is 25.9 Å². The Morgan fingerprint density at radius 3 is 2.81 bits per heavy atom. The van der Waals surface area contributed by atoms with E-state index in [1.165, 1.54) is 0 Å². The molecule has 1 aliphatic rings. The van der Waals surface area contributed by atoms with Gasteiger partial charge in [-0.15, -0.1) is 0 Å². The van der Waals surface area contributed by atoms with Crippen LogP contribution in [0.2, 0.25) is 5.02 Å². The highest BCUT2D eigenvalue weighted by Gasteiger charge is 2.23. The van der Waals surface area contributed by atoms with Crippen molar-refractivity contribution in [1.29, 1.82) is 0 Å². The van der Waals surface area contributed by atoms with Crippen LogP contribution in [0.15, 0.2) is 59.9 Å². The van der Waals surface area contributed by atoms with E-state index in [0.29, 0.717) is 23.8 Å². The van der Waals surface area contributed by atoms with Crippen LogP contribution in [0.3, 0.4) is 0 Å². The monoisotopic (exact) mass is 368 g/mol. The minimum absolute atomic E-state index is 0.137. The van der Waals surface area contributed by atoms with E-state index in [1.807, 2.05) is 48.5 Å². The summed E-state index contributed by atoms with van der Waals surface area (Å²) in [6, 6.07) is 15.2. The predicted molar refractivity (Wildman–Crippen MR) is 101 cm³/mol. The summed E-state index contributed by atoms with van der Waals surface area (Å²) in [7, 11) is 1.65. The summed E-state index contributed by atoms with van der Waals surface area (Å²) < 4.78 is 11.1. The molecule has 0 radical (unpaired) electrons. The number of oxime groups is 1. The second-order valence-electron chi connectivity index (χ2n) is 5.95. The summed E-state index contributed by atoms with van der Waals surface area (Å²) in [5.74, 6) is 1.50. The van der Waals surface area contributed by atoms with Gasteiger partial charge in [-0.25, -0.2) is 0 Å². The van der Waals surface area contributed by atoms with E-state index in [2.05, 4.69) is 10.1 Å². The maximum atomic E-state index is 6.22. The fourth-order valence-electron chi connectivity index (χ4n) is 2.88. The summed E-state index contributed by atoms with van der Waals surface area (Å²) in [6.45, 7) is 0.385. The number of fused-ring (bicyclic) bond motifs is 1. The summed E-state index contributed by atoms with van der Waals surface area (Å²) >= 11 is 6.22. The summed E-state index contributed by atoms with van der Waals surface area (Å²) in [4.78, 5) is 9.89. The number of benzene rings is 2. The van der Waals surface area contributed by atoms with Crippen molar-refractivity contribution in [2.24, 2.45) is 5.16 Å². The Morgan fingerprint density at radius 2 is 2.00 bits per heavy atom. The van der Waals surface area contributed by atoms with Crippen LogP contribution in [0.25, 0.3) is 10.9 Å². The van der Waals surface area contributed by atoms with E-state index in [9.17, 15) is 0 Å². The highest BCUT2D eigenvalue weighted by Crippen LogP contribution is 2.30. The maximum absolute atomic E-state index is 6.22. The van der Waals surface area contributed by atoms with Crippen LogP contribution in [0.4, 0.5) is 0 Å². The molecule has 4 rings (SSSR count). The highest BCUT2D eigenvalue weighted by molar-refractivity contribution is 6.35. The van der Waals surface area contributed by atoms with E-state index < -0.39 is 0 Å². The van der Waals surface area contributed by atoms with Crippen molar-refractivity contribution in [3.63, 3.8) is 0 Å². The zero-order chi connectivity index (χ0) is 17.9. The largest absolute Gasteiger partial charge is 0.497 e. The molecule has 1 atom stereocenters. The van der Waals surface area contributed by atoms with E-state index in [-0.39, 0.29) is 6.10 Å². The smallest absolute Gasteiger partial charge is 0.167 e. The first kappa shape index (κ1) is 16.7. The normalized spacial score (nSPS) is 16.2. The van der Waals surface area contributed by atoms with Crippen LogP contribution in [-0.4, -0.2) is 30.5 Å². The molecule has 0 amide bonds. The molecule has 0 fully saturated rings. The van der Waals surface area contributed by atoms with Gasteiger partial charge in [0.15, 0.2) is 6.10 Å². The average molecular weight is 369 g/mol. The van der Waals surface area contributed by atoms with Crippen molar-refractivity contribution < 1.29 is 14.3 Å². The zero-order valence-electron chi connectivity index (χ0n) is 14.2. The highest BCUT2D eigenvalue weighted by atomic mass is 35.5. The van der Waals surface area contributed by atoms with Gasteiger partial charge in [0.1, 0.15) is 23.6 Å². The third-order valence-corrected chi connectivity index (χ3v) is 4.59. The minimum Gasteiger partial charge on any atom is -0.497 e. The lowest BCUT2D eigenvalue weighted by atomic mass is 10.1. The van der Waals surface area contributed by atoms with E-state index in [1.54, 1.807) is 13.3 Å². The molecule has 0 saturated heterocycles. The lowest BCUT2D eigenvalue weighted by Crippen LogP contribution is -2.18. The van der Waals surface area contributed by atoms with Crippen LogP contribution in [0.5, 0.6) is 11.5 Å². The standard InChI is InChI=1S/C20H17ClN2O3/c1-24-14-6-4-13(5-7-14)18-11-15(26-23-18)12-25-19-9-8-17(21)16-3-2-10-22-20(16)19/h2-10,15H,11-12H2,1H3/t15-/m1/s1. The van der Waals surface area contributed by atoms with Gasteiger partial charge in [0.05, 0.1) is 17.8 Å². The summed E-state index contributed by atoms with van der Waals surface area (Å²) in [5, 5.41) is 5.72. The third kappa shape index (κ3) is 3.30. The fraction of sp³-hybridized carbons (Fsp3) is 0.200. The number of pyridine rings is 1. The topological polar surface area (TPSA) is 52.9 Å². The Bertz CT molecular complexity index is 957. The molecule has 0 aliphatic carbocycles. The SMILES string of the molecule is COc1ccc(C2=NO[C@@H](COc3ccc(Cl)c4cccnc34)C2)cc1. The van der Waals surface area contributed by atoms with Gasteiger partial charge in [0, 0.05) is 18.0 Å². The molecule has 2 aromatic carbocycles. The molecular formula is C20H17ClN2O3. The molecule has 1 aromatic heterocycles. The van der Waals surface area contributed by atoms with E-state index in [0.717, 1.165) is 27.9 Å². The number of aromatic nitrogens is 1. The third-order valence-electron chi connectivity index (χ3n) is 4.26. The fourth-order valence-corrected chi connectivity index (χ4v) is 3.10. The molecule has 3 aromatic rings. The molecule has 5 nitrogen and oxygen atoms in total. The number of hydrogen-bond donors (Lipinski definition) is 0. The quantitative estimate of drug-likeness (QED) is 0.666. The first-order valence-corrected chi connectivity index (χ1v) is 8.65. The maximum Gasteiger partial charge on any atom is 0.167 e. The molecule has 0 spiro atoms. The second kappa shape index (κ2) is 7.22. The van der Waals surface area contributed by atoms with Gasteiger partial charge in [-0.05, 0) is 54.1 Å². The summed E-state index contributed by atoms with van der Waals surface area (Å²) in [6.07, 6.45) is 2.27. The minimum atomic E-state index is -0.137. The Labute approximate surface area is 156 Å². The molecule has 0 bridgehead atoms. The number of halogens is 1. The zero-order valence-corrected chi connectivity index (χ0v) is 14.9. The van der Waals surface area contributed by atoms with Gasteiger partial charge in [0.2, 0.25) is 0 Å². The Hall–Kier alpha value is -2.79. The van der Waals surface area contributed by atoms with Crippen LogP contribution >= 0.6 is 11.6 Å². The number of hydrogen-bond acceptors (Lipinski definition) is 5. The van der Waals surface area contributed by atoms with Crippen molar-refractivity contribution in [3.8, 4) is 11.5 Å². The lowest BCUT2D eigenvalue weighted by Gasteiger charge is -2.12. The molecule has 0 unspecified atom stereocenters. The predicted octanol–water partition coefficient (Wildman–Crippen LogP) is 4.47. The van der Waals surface area contributed by atoms with Gasteiger partial charge in [0.25, 0.3) is 0 Å². The van der Waals surface area contributed by atoms with Gasteiger partial charge < -0.3 is 14.3 Å². The molecule has 1 aliphatic heterocycles. The number of rotatable bonds is 5. The molecule has 132 valence electrons. The Balaban J connectivity index is 1.42. The summed E-state index contributed by atoms with van der Waals surface area (Å²) in [5.41, 5.74) is 2.67. The lowest BCUT2D eigenvalue weighted by molar-refractivity contribution is 0.0475. The Kier molecular flexibility index (Phi) is 4.63. The molecule has 26 heavy (non-hydrogen) atoms. The van der Waals surface area contributed by atoms with Crippen LogP contribution in [0, 0.1) is 0 Å². The van der Waals surface area contributed by atoms with Gasteiger partial charge in [-0.3, -0.25) is 4.98 Å². The van der Waals surface area contributed by atoms with Gasteiger partial charge in [-0.2, -0.15) is 0 Å². The first-order valence-electron chi connectivity index (χ1n) is 8.28. The van der Waals surface area contributed by atoms with Crippen molar-refractivity contribution in [2.45, 2.75) is 12.5 Å². The molecule has 0 saturated carbocycles.